The molecular weight excluding hydrogens is 283 g/mol. The maximum Gasteiger partial charge on any atom is 0.165 e. The van der Waals surface area contributed by atoms with Gasteiger partial charge in [-0.3, -0.25) is 4.79 Å². The van der Waals surface area contributed by atoms with E-state index >= 15 is 0 Å². The van der Waals surface area contributed by atoms with Crippen molar-refractivity contribution in [3.8, 4) is 5.75 Å². The highest BCUT2D eigenvalue weighted by molar-refractivity contribution is 6.34. The van der Waals surface area contributed by atoms with Crippen molar-refractivity contribution < 1.29 is 18.7 Å². The zero-order valence-corrected chi connectivity index (χ0v) is 12.6. The Morgan fingerprint density at radius 1 is 1.55 bits per heavy atom. The molecule has 0 bridgehead atoms. The molecule has 1 unspecified atom stereocenters. The van der Waals surface area contributed by atoms with Gasteiger partial charge in [0.15, 0.2) is 17.3 Å². The lowest BCUT2D eigenvalue weighted by Gasteiger charge is -2.16. The Hall–Kier alpha value is -1.13. The van der Waals surface area contributed by atoms with Gasteiger partial charge in [0.2, 0.25) is 0 Å². The highest BCUT2D eigenvalue weighted by atomic mass is 35.5. The molecule has 1 fully saturated rings. The van der Waals surface area contributed by atoms with E-state index < -0.39 is 5.82 Å². The molecule has 1 aliphatic rings. The zero-order chi connectivity index (χ0) is 14.9. The molecule has 2 rings (SSSR count). The molecule has 0 N–H and O–H groups in total. The normalized spacial score (nSPS) is 20.9. The quantitative estimate of drug-likeness (QED) is 0.792. The van der Waals surface area contributed by atoms with Crippen LogP contribution < -0.4 is 4.74 Å². The van der Waals surface area contributed by atoms with Gasteiger partial charge in [0.1, 0.15) is 0 Å². The Balaban J connectivity index is 2.04. The summed E-state index contributed by atoms with van der Waals surface area (Å²) in [4.78, 5) is 11.3. The molecule has 1 aromatic rings. The maximum absolute atomic E-state index is 13.8. The van der Waals surface area contributed by atoms with Gasteiger partial charge in [-0.15, -0.1) is 0 Å². The van der Waals surface area contributed by atoms with Crippen molar-refractivity contribution in [3.05, 3.63) is 28.5 Å². The van der Waals surface area contributed by atoms with E-state index in [0.29, 0.717) is 13.2 Å². The second-order valence-corrected chi connectivity index (χ2v) is 6.18. The van der Waals surface area contributed by atoms with Gasteiger partial charge in [-0.2, -0.15) is 0 Å². The summed E-state index contributed by atoms with van der Waals surface area (Å²) in [6.45, 7) is 6.36. The third-order valence-corrected chi connectivity index (χ3v) is 3.68. The lowest BCUT2D eigenvalue weighted by Crippen LogP contribution is -2.18. The third-order valence-electron chi connectivity index (χ3n) is 3.37. The van der Waals surface area contributed by atoms with Gasteiger partial charge < -0.3 is 9.47 Å². The van der Waals surface area contributed by atoms with Crippen LogP contribution in [-0.2, 0) is 4.74 Å². The van der Waals surface area contributed by atoms with Gasteiger partial charge in [-0.1, -0.05) is 11.6 Å². The van der Waals surface area contributed by atoms with E-state index in [4.69, 9.17) is 21.1 Å². The van der Waals surface area contributed by atoms with E-state index in [1.165, 1.54) is 13.0 Å². The average Bonchev–Trinajstić information content (AvgIpc) is 2.69. The molecule has 20 heavy (non-hydrogen) atoms. The Morgan fingerprint density at radius 2 is 2.25 bits per heavy atom. The van der Waals surface area contributed by atoms with E-state index in [9.17, 15) is 9.18 Å². The summed E-state index contributed by atoms with van der Waals surface area (Å²) >= 11 is 5.94. The summed E-state index contributed by atoms with van der Waals surface area (Å²) in [5.74, 6) is -0.537. The number of rotatable bonds is 4. The monoisotopic (exact) mass is 300 g/mol. The SMILES string of the molecule is CC(=O)c1cc(F)c(OCC2COC(C)(C)C2)cc1Cl. The van der Waals surface area contributed by atoms with E-state index in [1.54, 1.807) is 0 Å². The van der Waals surface area contributed by atoms with Crippen LogP contribution in [0.3, 0.4) is 0 Å². The number of halogens is 2. The first-order valence-corrected chi connectivity index (χ1v) is 6.93. The number of Topliss-reactive ketones (excluding diaryl/α,β-unsaturated/α-hetero) is 1. The first-order valence-electron chi connectivity index (χ1n) is 6.55. The molecule has 1 aliphatic heterocycles. The van der Waals surface area contributed by atoms with E-state index in [2.05, 4.69) is 0 Å². The minimum atomic E-state index is -0.572. The van der Waals surface area contributed by atoms with E-state index in [0.717, 1.165) is 12.5 Å². The fourth-order valence-corrected chi connectivity index (χ4v) is 2.67. The van der Waals surface area contributed by atoms with Gasteiger partial charge in [-0.05, 0) is 33.3 Å². The van der Waals surface area contributed by atoms with Crippen molar-refractivity contribution in [2.45, 2.75) is 32.8 Å². The van der Waals surface area contributed by atoms with Crippen LogP contribution in [0.2, 0.25) is 5.02 Å². The van der Waals surface area contributed by atoms with E-state index in [1.807, 2.05) is 13.8 Å². The van der Waals surface area contributed by atoms with Crippen LogP contribution in [-0.4, -0.2) is 24.6 Å². The largest absolute Gasteiger partial charge is 0.490 e. The van der Waals surface area contributed by atoms with Gasteiger partial charge in [0.05, 0.1) is 23.8 Å². The molecule has 3 nitrogen and oxygen atoms in total. The first kappa shape index (κ1) is 15.3. The standard InChI is InChI=1S/C15H18ClFO3/c1-9(18)11-4-13(17)14(5-12(11)16)19-7-10-6-15(2,3)20-8-10/h4-5,10H,6-8H2,1-3H3. The van der Waals surface area contributed by atoms with Crippen LogP contribution in [0, 0.1) is 11.7 Å². The molecular formula is C15H18ClFO3. The van der Waals surface area contributed by atoms with Crippen molar-refractivity contribution in [1.29, 1.82) is 0 Å². The smallest absolute Gasteiger partial charge is 0.165 e. The van der Waals surface area contributed by atoms with Gasteiger partial charge in [-0.25, -0.2) is 4.39 Å². The van der Waals surface area contributed by atoms with Crippen molar-refractivity contribution in [2.24, 2.45) is 5.92 Å². The van der Waals surface area contributed by atoms with Crippen molar-refractivity contribution in [2.75, 3.05) is 13.2 Å². The minimum absolute atomic E-state index is 0.0738. The predicted octanol–water partition coefficient (Wildman–Crippen LogP) is 3.88. The molecule has 1 atom stereocenters. The third kappa shape index (κ3) is 3.49. The summed E-state index contributed by atoms with van der Waals surface area (Å²) in [6.07, 6.45) is 0.869. The molecule has 0 amide bonds. The zero-order valence-electron chi connectivity index (χ0n) is 11.8. The Labute approximate surface area is 123 Å². The van der Waals surface area contributed by atoms with Crippen molar-refractivity contribution >= 4 is 17.4 Å². The lowest BCUT2D eigenvalue weighted by atomic mass is 9.99. The second kappa shape index (κ2) is 5.70. The van der Waals surface area contributed by atoms with Crippen LogP contribution >= 0.6 is 11.6 Å². The molecule has 1 saturated heterocycles. The topological polar surface area (TPSA) is 35.5 Å². The van der Waals surface area contributed by atoms with E-state index in [-0.39, 0.29) is 33.6 Å². The summed E-state index contributed by atoms with van der Waals surface area (Å²) in [7, 11) is 0. The van der Waals surface area contributed by atoms with Crippen LogP contribution in [0.1, 0.15) is 37.6 Å². The number of ether oxygens (including phenoxy) is 2. The lowest BCUT2D eigenvalue weighted by molar-refractivity contribution is 0.0340. The molecule has 0 saturated carbocycles. The molecule has 5 heteroatoms. The molecule has 0 spiro atoms. The predicted molar refractivity (Wildman–Crippen MR) is 75.0 cm³/mol. The van der Waals surface area contributed by atoms with Crippen LogP contribution in [0.5, 0.6) is 5.75 Å². The van der Waals surface area contributed by atoms with Crippen LogP contribution in [0.4, 0.5) is 4.39 Å². The van der Waals surface area contributed by atoms with Crippen molar-refractivity contribution in [1.82, 2.24) is 0 Å². The van der Waals surface area contributed by atoms with Gasteiger partial charge in [0, 0.05) is 17.5 Å². The summed E-state index contributed by atoms with van der Waals surface area (Å²) in [6, 6.07) is 2.48. The Kier molecular flexibility index (Phi) is 4.35. The number of ketones is 1. The molecule has 1 heterocycles. The molecule has 1 aromatic carbocycles. The first-order chi connectivity index (χ1) is 9.28. The van der Waals surface area contributed by atoms with Crippen LogP contribution in [0.15, 0.2) is 12.1 Å². The summed E-state index contributed by atoms with van der Waals surface area (Å²) in [5, 5.41) is 0.205. The molecule has 0 aliphatic carbocycles. The summed E-state index contributed by atoms with van der Waals surface area (Å²) < 4.78 is 24.9. The van der Waals surface area contributed by atoms with Crippen LogP contribution in [0.25, 0.3) is 0 Å². The molecule has 0 radical (unpaired) electrons. The number of hydrogen-bond acceptors (Lipinski definition) is 3. The maximum atomic E-state index is 13.8. The van der Waals surface area contributed by atoms with Gasteiger partial charge >= 0.3 is 0 Å². The fraction of sp³-hybridized carbons (Fsp3) is 0.533. The second-order valence-electron chi connectivity index (χ2n) is 5.77. The summed E-state index contributed by atoms with van der Waals surface area (Å²) in [5.41, 5.74) is 0.0183. The highest BCUT2D eigenvalue weighted by Gasteiger charge is 2.32. The van der Waals surface area contributed by atoms with Crippen molar-refractivity contribution in [3.63, 3.8) is 0 Å². The Bertz CT molecular complexity index is 528. The number of benzene rings is 1. The fourth-order valence-electron chi connectivity index (χ4n) is 2.38. The minimum Gasteiger partial charge on any atom is -0.490 e. The number of carbonyl (C=O) groups is 1. The number of hydrogen-bond donors (Lipinski definition) is 0. The van der Waals surface area contributed by atoms with Gasteiger partial charge in [0.25, 0.3) is 0 Å². The highest BCUT2D eigenvalue weighted by Crippen LogP contribution is 2.31. The Morgan fingerprint density at radius 3 is 2.80 bits per heavy atom. The molecule has 0 aromatic heterocycles. The molecule has 110 valence electrons. The number of carbonyl (C=O) groups excluding carboxylic acids is 1. The average molecular weight is 301 g/mol.